The maximum atomic E-state index is 5.85. The largest absolute Gasteiger partial charge is 0.378 e. The molecule has 1 saturated carbocycles. The van der Waals surface area contributed by atoms with Gasteiger partial charge >= 0.3 is 0 Å². The van der Waals surface area contributed by atoms with E-state index in [0.717, 1.165) is 24.5 Å². The van der Waals surface area contributed by atoms with Gasteiger partial charge in [0, 0.05) is 18.7 Å². The Kier molecular flexibility index (Phi) is 5.50. The van der Waals surface area contributed by atoms with Crippen molar-refractivity contribution in [1.82, 2.24) is 5.32 Å². The summed E-state index contributed by atoms with van der Waals surface area (Å²) in [6.07, 6.45) is 9.63. The fraction of sp³-hybridized carbons (Fsp3) is 1.00. The summed E-state index contributed by atoms with van der Waals surface area (Å²) in [5.74, 6) is 1.73. The Morgan fingerprint density at radius 2 is 2.00 bits per heavy atom. The van der Waals surface area contributed by atoms with Crippen molar-refractivity contribution in [2.24, 2.45) is 11.8 Å². The van der Waals surface area contributed by atoms with Crippen molar-refractivity contribution in [3.63, 3.8) is 0 Å². The Balaban J connectivity index is 1.81. The minimum atomic E-state index is 0.512. The Labute approximate surface area is 113 Å². The predicted octanol–water partition coefficient (Wildman–Crippen LogP) is 3.75. The van der Waals surface area contributed by atoms with Crippen LogP contribution in [0, 0.1) is 11.8 Å². The van der Waals surface area contributed by atoms with Gasteiger partial charge in [0.2, 0.25) is 0 Å². The molecule has 1 aliphatic heterocycles. The monoisotopic (exact) mass is 253 g/mol. The van der Waals surface area contributed by atoms with E-state index in [1.165, 1.54) is 44.9 Å². The first-order valence-electron chi connectivity index (χ1n) is 8.08. The molecule has 5 unspecified atom stereocenters. The zero-order valence-corrected chi connectivity index (χ0v) is 12.5. The number of hydrogen-bond acceptors (Lipinski definition) is 2. The molecule has 1 heterocycles. The van der Waals surface area contributed by atoms with Crippen molar-refractivity contribution in [2.45, 2.75) is 83.9 Å². The fourth-order valence-corrected chi connectivity index (χ4v) is 3.67. The molecule has 2 nitrogen and oxygen atoms in total. The molecule has 0 aromatic carbocycles. The van der Waals surface area contributed by atoms with E-state index < -0.39 is 0 Å². The molecule has 5 atom stereocenters. The lowest BCUT2D eigenvalue weighted by atomic mass is 9.77. The van der Waals surface area contributed by atoms with Crippen LogP contribution in [0.5, 0.6) is 0 Å². The van der Waals surface area contributed by atoms with Crippen molar-refractivity contribution in [2.75, 3.05) is 6.61 Å². The number of rotatable bonds is 4. The molecule has 2 fully saturated rings. The van der Waals surface area contributed by atoms with Crippen LogP contribution in [0.1, 0.15) is 65.7 Å². The lowest BCUT2D eigenvalue weighted by Gasteiger charge is -2.39. The predicted molar refractivity (Wildman–Crippen MR) is 76.8 cm³/mol. The molecule has 2 aliphatic rings. The first-order valence-corrected chi connectivity index (χ1v) is 8.08. The van der Waals surface area contributed by atoms with Gasteiger partial charge in [-0.1, -0.05) is 40.0 Å². The summed E-state index contributed by atoms with van der Waals surface area (Å²) in [4.78, 5) is 0. The van der Waals surface area contributed by atoms with Crippen LogP contribution in [0.3, 0.4) is 0 Å². The molecule has 0 spiro atoms. The van der Waals surface area contributed by atoms with Gasteiger partial charge in [-0.2, -0.15) is 0 Å². The third kappa shape index (κ3) is 3.71. The van der Waals surface area contributed by atoms with Gasteiger partial charge in [0.25, 0.3) is 0 Å². The van der Waals surface area contributed by atoms with Crippen LogP contribution >= 0.6 is 0 Å². The van der Waals surface area contributed by atoms with Crippen LogP contribution in [0.4, 0.5) is 0 Å². The minimum absolute atomic E-state index is 0.512. The summed E-state index contributed by atoms with van der Waals surface area (Å²) in [5, 5.41) is 3.95. The molecule has 1 aliphatic carbocycles. The summed E-state index contributed by atoms with van der Waals surface area (Å²) in [6, 6.07) is 1.45. The number of nitrogens with one attached hydrogen (secondary N) is 1. The van der Waals surface area contributed by atoms with Crippen molar-refractivity contribution < 1.29 is 4.74 Å². The van der Waals surface area contributed by atoms with E-state index in [1.54, 1.807) is 0 Å². The average Bonchev–Trinajstić information content (AvgIpc) is 2.36. The highest BCUT2D eigenvalue weighted by molar-refractivity contribution is 4.87. The quantitative estimate of drug-likeness (QED) is 0.824. The summed E-state index contributed by atoms with van der Waals surface area (Å²) in [7, 11) is 0. The second-order valence-electron chi connectivity index (χ2n) is 6.54. The van der Waals surface area contributed by atoms with E-state index in [4.69, 9.17) is 4.74 Å². The zero-order valence-electron chi connectivity index (χ0n) is 12.5. The lowest BCUT2D eigenvalue weighted by molar-refractivity contribution is -0.00807. The second kappa shape index (κ2) is 6.91. The number of ether oxygens (including phenoxy) is 1. The van der Waals surface area contributed by atoms with Gasteiger partial charge in [-0.05, 0) is 37.5 Å². The smallest absolute Gasteiger partial charge is 0.0589 e. The molecule has 18 heavy (non-hydrogen) atoms. The highest BCUT2D eigenvalue weighted by Crippen LogP contribution is 2.30. The van der Waals surface area contributed by atoms with E-state index in [2.05, 4.69) is 26.1 Å². The SMILES string of the molecule is CCCC1CC(NC2CCCC(C)C2C)CCO1. The molecule has 2 heteroatoms. The van der Waals surface area contributed by atoms with Gasteiger partial charge in [-0.3, -0.25) is 0 Å². The van der Waals surface area contributed by atoms with Gasteiger partial charge in [-0.15, -0.1) is 0 Å². The molecule has 1 saturated heterocycles. The normalized spacial score (nSPS) is 41.8. The summed E-state index contributed by atoms with van der Waals surface area (Å²) in [6.45, 7) is 8.07. The van der Waals surface area contributed by atoms with Gasteiger partial charge in [0.15, 0.2) is 0 Å². The molecule has 0 aromatic heterocycles. The molecule has 0 bridgehead atoms. The first-order chi connectivity index (χ1) is 8.70. The van der Waals surface area contributed by atoms with Crippen LogP contribution in [-0.4, -0.2) is 24.8 Å². The van der Waals surface area contributed by atoms with Gasteiger partial charge in [-0.25, -0.2) is 0 Å². The highest BCUT2D eigenvalue weighted by Gasteiger charge is 2.30. The van der Waals surface area contributed by atoms with Gasteiger partial charge in [0.1, 0.15) is 0 Å². The molecule has 0 radical (unpaired) electrons. The van der Waals surface area contributed by atoms with E-state index in [-0.39, 0.29) is 0 Å². The summed E-state index contributed by atoms with van der Waals surface area (Å²) < 4.78 is 5.85. The Bertz CT molecular complexity index is 241. The first kappa shape index (κ1) is 14.3. The average molecular weight is 253 g/mol. The maximum Gasteiger partial charge on any atom is 0.0589 e. The van der Waals surface area contributed by atoms with Crippen LogP contribution < -0.4 is 5.32 Å². The zero-order chi connectivity index (χ0) is 13.0. The van der Waals surface area contributed by atoms with Crippen LogP contribution in [0.25, 0.3) is 0 Å². The van der Waals surface area contributed by atoms with Crippen molar-refractivity contribution in [3.8, 4) is 0 Å². The third-order valence-corrected chi connectivity index (χ3v) is 5.13. The molecular formula is C16H31NO. The van der Waals surface area contributed by atoms with Gasteiger partial charge < -0.3 is 10.1 Å². The molecule has 106 valence electrons. The summed E-state index contributed by atoms with van der Waals surface area (Å²) >= 11 is 0. The van der Waals surface area contributed by atoms with Crippen LogP contribution in [0.15, 0.2) is 0 Å². The lowest BCUT2D eigenvalue weighted by Crippen LogP contribution is -2.48. The fourth-order valence-electron chi connectivity index (χ4n) is 3.67. The van der Waals surface area contributed by atoms with E-state index in [0.29, 0.717) is 12.1 Å². The van der Waals surface area contributed by atoms with Crippen molar-refractivity contribution >= 4 is 0 Å². The second-order valence-corrected chi connectivity index (χ2v) is 6.54. The van der Waals surface area contributed by atoms with E-state index >= 15 is 0 Å². The topological polar surface area (TPSA) is 21.3 Å². The van der Waals surface area contributed by atoms with Crippen LogP contribution in [0.2, 0.25) is 0 Å². The van der Waals surface area contributed by atoms with E-state index in [9.17, 15) is 0 Å². The Morgan fingerprint density at radius 3 is 2.78 bits per heavy atom. The Hall–Kier alpha value is -0.0800. The molecule has 2 rings (SSSR count). The molecule has 0 amide bonds. The molecule has 1 N–H and O–H groups in total. The summed E-state index contributed by atoms with van der Waals surface area (Å²) in [5.41, 5.74) is 0. The highest BCUT2D eigenvalue weighted by atomic mass is 16.5. The van der Waals surface area contributed by atoms with Crippen molar-refractivity contribution in [3.05, 3.63) is 0 Å². The van der Waals surface area contributed by atoms with Crippen LogP contribution in [-0.2, 0) is 4.74 Å². The van der Waals surface area contributed by atoms with E-state index in [1.807, 2.05) is 0 Å². The van der Waals surface area contributed by atoms with Crippen molar-refractivity contribution in [1.29, 1.82) is 0 Å². The third-order valence-electron chi connectivity index (χ3n) is 5.13. The maximum absolute atomic E-state index is 5.85. The minimum Gasteiger partial charge on any atom is -0.378 e. The molecular weight excluding hydrogens is 222 g/mol. The standard InChI is InChI=1S/C16H31NO/c1-4-6-15-11-14(9-10-18-15)17-16-8-5-7-12(2)13(16)3/h12-17H,4-11H2,1-3H3. The molecule has 0 aromatic rings. The Morgan fingerprint density at radius 1 is 1.17 bits per heavy atom. The number of hydrogen-bond donors (Lipinski definition) is 1. The van der Waals surface area contributed by atoms with Gasteiger partial charge in [0.05, 0.1) is 6.10 Å².